The van der Waals surface area contributed by atoms with Crippen LogP contribution in [0, 0.1) is 11.8 Å². The number of alkyl halides is 3. The topological polar surface area (TPSA) is 0 Å². The smallest absolute Gasteiger partial charge is 0.167 e. The first-order valence-electron chi connectivity index (χ1n) is 10.3. The van der Waals surface area contributed by atoms with Gasteiger partial charge in [-0.3, -0.25) is 0 Å². The van der Waals surface area contributed by atoms with Crippen LogP contribution in [0.5, 0.6) is 0 Å². The van der Waals surface area contributed by atoms with E-state index in [1.807, 2.05) is 0 Å². The fourth-order valence-corrected chi connectivity index (χ4v) is 4.83. The molecule has 0 aliphatic heterocycles. The number of halogens is 3. The molecule has 0 spiro atoms. The Morgan fingerprint density at radius 3 is 1.69 bits per heavy atom. The van der Waals surface area contributed by atoms with Crippen LogP contribution < -0.4 is 0 Å². The van der Waals surface area contributed by atoms with Crippen LogP contribution in [0.2, 0.25) is 0 Å². The molecule has 0 aromatic heterocycles. The molecule has 0 atom stereocenters. The molecule has 0 saturated heterocycles. The number of benzene rings is 1. The lowest BCUT2D eigenvalue weighted by atomic mass is 9.76. The van der Waals surface area contributed by atoms with E-state index in [1.54, 1.807) is 0 Å². The Kier molecular flexibility index (Phi) is 6.47. The van der Waals surface area contributed by atoms with Crippen LogP contribution in [0.3, 0.4) is 0 Å². The summed E-state index contributed by atoms with van der Waals surface area (Å²) in [4.78, 5) is 0. The van der Waals surface area contributed by atoms with Crippen molar-refractivity contribution in [1.82, 2.24) is 0 Å². The van der Waals surface area contributed by atoms with Gasteiger partial charge in [-0.25, -0.2) is 0 Å². The van der Waals surface area contributed by atoms with E-state index in [0.717, 1.165) is 37.5 Å². The van der Waals surface area contributed by atoms with Gasteiger partial charge in [-0.05, 0) is 86.2 Å². The molecule has 0 nitrogen and oxygen atoms in total. The maximum Gasteiger partial charge on any atom is 0.409 e. The summed E-state index contributed by atoms with van der Waals surface area (Å²) < 4.78 is 36.9. The van der Waals surface area contributed by atoms with Crippen molar-refractivity contribution in [3.63, 3.8) is 0 Å². The molecule has 0 amide bonds. The van der Waals surface area contributed by atoms with Gasteiger partial charge >= 0.3 is 6.18 Å². The molecule has 2 fully saturated rings. The van der Waals surface area contributed by atoms with Crippen LogP contribution >= 0.6 is 0 Å². The van der Waals surface area contributed by atoms with Gasteiger partial charge in [0.1, 0.15) is 0 Å². The Morgan fingerprint density at radius 2 is 1.27 bits per heavy atom. The Bertz CT molecular complexity index is 568. The first-order valence-corrected chi connectivity index (χ1v) is 10.3. The van der Waals surface area contributed by atoms with Gasteiger partial charge in [-0.2, -0.15) is 13.2 Å². The highest BCUT2D eigenvalue weighted by Crippen LogP contribution is 2.39. The second-order valence-electron chi connectivity index (χ2n) is 8.30. The zero-order valence-corrected chi connectivity index (χ0v) is 15.8. The third-order valence-electron chi connectivity index (χ3n) is 6.63. The molecule has 2 aliphatic carbocycles. The van der Waals surface area contributed by atoms with E-state index in [2.05, 4.69) is 31.2 Å². The summed E-state index contributed by atoms with van der Waals surface area (Å²) in [6, 6.07) is 9.17. The Labute approximate surface area is 155 Å². The fraction of sp³-hybridized carbons (Fsp3) is 0.652. The van der Waals surface area contributed by atoms with E-state index in [-0.39, 0.29) is 5.92 Å². The van der Waals surface area contributed by atoms with Crippen molar-refractivity contribution < 1.29 is 13.2 Å². The summed E-state index contributed by atoms with van der Waals surface area (Å²) in [7, 11) is 0. The van der Waals surface area contributed by atoms with Gasteiger partial charge in [0.25, 0.3) is 0 Å². The Hall–Kier alpha value is -1.25. The summed E-state index contributed by atoms with van der Waals surface area (Å²) in [5.74, 6) is 2.23. The van der Waals surface area contributed by atoms with Crippen molar-refractivity contribution in [2.24, 2.45) is 11.8 Å². The molecular weight excluding hydrogens is 333 g/mol. The minimum atomic E-state index is -4.18. The molecule has 3 heteroatoms. The van der Waals surface area contributed by atoms with Gasteiger partial charge in [0.15, 0.2) is 0 Å². The SMILES string of the molecule is CCC1CCC(c2ccc(C3CCC(C=CC(F)(F)F)CC3)cc2)CC1. The van der Waals surface area contributed by atoms with Gasteiger partial charge in [0.2, 0.25) is 0 Å². The molecular formula is C23H31F3. The predicted octanol–water partition coefficient (Wildman–Crippen LogP) is 7.76. The third kappa shape index (κ3) is 5.37. The number of allylic oxidation sites excluding steroid dienone is 2. The molecule has 0 N–H and O–H groups in total. The van der Waals surface area contributed by atoms with Crippen molar-refractivity contribution in [1.29, 1.82) is 0 Å². The number of rotatable bonds is 4. The highest BCUT2D eigenvalue weighted by Gasteiger charge is 2.26. The van der Waals surface area contributed by atoms with E-state index in [4.69, 9.17) is 0 Å². The number of hydrogen-bond donors (Lipinski definition) is 0. The predicted molar refractivity (Wildman–Crippen MR) is 101 cm³/mol. The monoisotopic (exact) mass is 364 g/mol. The molecule has 0 radical (unpaired) electrons. The lowest BCUT2D eigenvalue weighted by Gasteiger charge is -2.29. The summed E-state index contributed by atoms with van der Waals surface area (Å²) >= 11 is 0. The van der Waals surface area contributed by atoms with Crippen molar-refractivity contribution in [3.8, 4) is 0 Å². The molecule has 1 aromatic rings. The van der Waals surface area contributed by atoms with Crippen molar-refractivity contribution in [3.05, 3.63) is 47.5 Å². The highest BCUT2D eigenvalue weighted by molar-refractivity contribution is 5.28. The summed E-state index contributed by atoms with van der Waals surface area (Å²) in [5, 5.41) is 0. The Balaban J connectivity index is 1.51. The van der Waals surface area contributed by atoms with Crippen LogP contribution in [-0.4, -0.2) is 6.18 Å². The van der Waals surface area contributed by atoms with Crippen LogP contribution in [-0.2, 0) is 0 Å². The van der Waals surface area contributed by atoms with Crippen LogP contribution in [0.15, 0.2) is 36.4 Å². The average molecular weight is 364 g/mol. The summed E-state index contributed by atoms with van der Waals surface area (Å²) in [6.45, 7) is 2.30. The summed E-state index contributed by atoms with van der Waals surface area (Å²) in [5.41, 5.74) is 2.85. The zero-order valence-electron chi connectivity index (χ0n) is 15.8. The maximum absolute atomic E-state index is 12.3. The van der Waals surface area contributed by atoms with Gasteiger partial charge < -0.3 is 0 Å². The van der Waals surface area contributed by atoms with Gasteiger partial charge in [0.05, 0.1) is 0 Å². The van der Waals surface area contributed by atoms with Crippen LogP contribution in [0.4, 0.5) is 13.2 Å². The molecule has 144 valence electrons. The molecule has 2 aliphatic rings. The van der Waals surface area contributed by atoms with Crippen molar-refractivity contribution in [2.75, 3.05) is 0 Å². The minimum Gasteiger partial charge on any atom is -0.167 e. The number of hydrogen-bond acceptors (Lipinski definition) is 0. The van der Waals surface area contributed by atoms with Crippen molar-refractivity contribution in [2.45, 2.75) is 82.7 Å². The minimum absolute atomic E-state index is 0.0842. The molecule has 1 aromatic carbocycles. The molecule has 0 unspecified atom stereocenters. The quantitative estimate of drug-likeness (QED) is 0.479. The second kappa shape index (κ2) is 8.63. The highest BCUT2D eigenvalue weighted by atomic mass is 19.4. The Morgan fingerprint density at radius 1 is 0.808 bits per heavy atom. The van der Waals surface area contributed by atoms with Crippen molar-refractivity contribution >= 4 is 0 Å². The van der Waals surface area contributed by atoms with Crippen LogP contribution in [0.25, 0.3) is 0 Å². The largest absolute Gasteiger partial charge is 0.409 e. The van der Waals surface area contributed by atoms with Gasteiger partial charge in [0, 0.05) is 6.08 Å². The lowest BCUT2D eigenvalue weighted by Crippen LogP contribution is -2.14. The first kappa shape index (κ1) is 19.5. The van der Waals surface area contributed by atoms with Gasteiger partial charge in [-0.1, -0.05) is 43.7 Å². The molecule has 26 heavy (non-hydrogen) atoms. The van der Waals surface area contributed by atoms with E-state index >= 15 is 0 Å². The molecule has 3 rings (SSSR count). The lowest BCUT2D eigenvalue weighted by molar-refractivity contribution is -0.0803. The fourth-order valence-electron chi connectivity index (χ4n) is 4.83. The van der Waals surface area contributed by atoms with E-state index in [0.29, 0.717) is 12.0 Å². The molecule has 0 heterocycles. The van der Waals surface area contributed by atoms with E-state index < -0.39 is 6.18 Å². The van der Waals surface area contributed by atoms with E-state index in [1.165, 1.54) is 49.3 Å². The standard InChI is InChI=1S/C23H31F3/c1-2-17-3-7-19(8-4-17)21-11-13-22(14-12-21)20-9-5-18(6-10-20)15-16-23(24,25)26/h11-20H,2-10H2,1H3. The molecule has 0 bridgehead atoms. The molecule has 2 saturated carbocycles. The van der Waals surface area contributed by atoms with E-state index in [9.17, 15) is 13.2 Å². The average Bonchev–Trinajstić information content (AvgIpc) is 2.66. The zero-order chi connectivity index (χ0) is 18.6. The van der Waals surface area contributed by atoms with Crippen LogP contribution in [0.1, 0.15) is 87.7 Å². The second-order valence-corrected chi connectivity index (χ2v) is 8.30. The van der Waals surface area contributed by atoms with Gasteiger partial charge in [-0.15, -0.1) is 0 Å². The maximum atomic E-state index is 12.3. The third-order valence-corrected chi connectivity index (χ3v) is 6.63. The normalized spacial score (nSPS) is 30.6. The summed E-state index contributed by atoms with van der Waals surface area (Å²) in [6.07, 6.45) is 7.98. The first-order chi connectivity index (χ1) is 12.4.